The molecule has 3 N–H and O–H groups in total. The zero-order valence-electron chi connectivity index (χ0n) is 50.8. The van der Waals surface area contributed by atoms with Crippen molar-refractivity contribution in [3.05, 3.63) is 24.3 Å². The highest BCUT2D eigenvalue weighted by molar-refractivity contribution is 5.76. The van der Waals surface area contributed by atoms with E-state index in [9.17, 15) is 19.8 Å². The van der Waals surface area contributed by atoms with Gasteiger partial charge in [-0.3, -0.25) is 9.59 Å². The van der Waals surface area contributed by atoms with Gasteiger partial charge in [0.25, 0.3) is 0 Å². The van der Waals surface area contributed by atoms with Crippen molar-refractivity contribution in [2.24, 2.45) is 0 Å². The van der Waals surface area contributed by atoms with Crippen molar-refractivity contribution in [2.75, 3.05) is 13.2 Å². The largest absolute Gasteiger partial charge is 0.466 e. The molecule has 2 atom stereocenters. The van der Waals surface area contributed by atoms with E-state index in [1.54, 1.807) is 0 Å². The molecule has 0 aromatic heterocycles. The van der Waals surface area contributed by atoms with Crippen LogP contribution in [-0.4, -0.2) is 47.4 Å². The van der Waals surface area contributed by atoms with E-state index in [0.29, 0.717) is 25.9 Å². The predicted molar refractivity (Wildman–Crippen MR) is 329 cm³/mol. The normalized spacial score (nSPS) is 12.6. The second-order valence-electron chi connectivity index (χ2n) is 23.5. The van der Waals surface area contributed by atoms with E-state index in [-0.39, 0.29) is 18.5 Å². The van der Waals surface area contributed by atoms with Gasteiger partial charge in [-0.25, -0.2) is 0 Å². The molecule has 0 aliphatic heterocycles. The van der Waals surface area contributed by atoms with Gasteiger partial charge in [-0.15, -0.1) is 0 Å². The van der Waals surface area contributed by atoms with Crippen molar-refractivity contribution in [1.82, 2.24) is 5.32 Å². The van der Waals surface area contributed by atoms with Crippen LogP contribution in [0.5, 0.6) is 0 Å². The van der Waals surface area contributed by atoms with E-state index in [4.69, 9.17) is 4.74 Å². The summed E-state index contributed by atoms with van der Waals surface area (Å²) in [4.78, 5) is 24.6. The van der Waals surface area contributed by atoms with Crippen molar-refractivity contribution in [2.45, 2.75) is 392 Å². The lowest BCUT2D eigenvalue weighted by atomic mass is 10.0. The molecule has 1 amide bonds. The number of hydrogen-bond donors (Lipinski definition) is 3. The van der Waals surface area contributed by atoms with Gasteiger partial charge in [0.1, 0.15) is 0 Å². The Hall–Kier alpha value is -1.66. The third-order valence-corrected chi connectivity index (χ3v) is 16.0. The molecule has 444 valence electrons. The van der Waals surface area contributed by atoms with Crippen LogP contribution in [0.25, 0.3) is 0 Å². The fourth-order valence-corrected chi connectivity index (χ4v) is 10.7. The molecule has 6 nitrogen and oxygen atoms in total. The van der Waals surface area contributed by atoms with Gasteiger partial charge < -0.3 is 20.3 Å². The minimum Gasteiger partial charge on any atom is -0.466 e. The number of ether oxygens (including phenoxy) is 1. The van der Waals surface area contributed by atoms with E-state index in [1.165, 1.54) is 302 Å². The number of carbonyl (C=O) groups is 2. The minimum absolute atomic E-state index is 0.00204. The quantitative estimate of drug-likeness (QED) is 0.0320. The molecule has 0 bridgehead atoms. The van der Waals surface area contributed by atoms with Crippen LogP contribution >= 0.6 is 0 Å². The summed E-state index contributed by atoms with van der Waals surface area (Å²) in [5.74, 6) is -0.0388. The number of aliphatic hydroxyl groups is 2. The Labute approximate surface area is 469 Å². The first kappa shape index (κ1) is 73.3. The molecule has 0 aromatic carbocycles. The van der Waals surface area contributed by atoms with Gasteiger partial charge >= 0.3 is 5.97 Å². The fourth-order valence-electron chi connectivity index (χ4n) is 10.7. The Balaban J connectivity index is 3.42. The van der Waals surface area contributed by atoms with E-state index >= 15 is 0 Å². The standard InChI is InChI=1S/C69H133NO5/c1-3-5-7-9-11-13-15-17-19-21-23-24-26-29-33-37-41-45-49-53-57-61-67(72)66(65-71)70-68(73)62-58-54-50-46-42-38-34-30-27-25-28-32-36-40-44-48-52-56-60-64-75-69(74)63-59-55-51-47-43-39-35-31-22-20-18-16-14-12-10-8-6-4-2/h20,22,25,27,66-67,71-72H,3-19,21,23-24,26,28-65H2,1-2H3,(H,70,73)/b22-20-,27-25-. The van der Waals surface area contributed by atoms with E-state index < -0.39 is 12.1 Å². The molecule has 0 heterocycles. The number of carbonyl (C=O) groups excluding carboxylic acids is 2. The Morgan fingerprint density at radius 3 is 0.947 bits per heavy atom. The average Bonchev–Trinajstić information content (AvgIpc) is 3.41. The molecule has 0 spiro atoms. The Morgan fingerprint density at radius 2 is 0.627 bits per heavy atom. The number of hydrogen-bond acceptors (Lipinski definition) is 5. The molecular formula is C69H133NO5. The van der Waals surface area contributed by atoms with Crippen LogP contribution in [0.1, 0.15) is 380 Å². The van der Waals surface area contributed by atoms with Crippen LogP contribution in [0.15, 0.2) is 24.3 Å². The predicted octanol–water partition coefficient (Wildman–Crippen LogP) is 21.8. The molecule has 0 fully saturated rings. The van der Waals surface area contributed by atoms with Gasteiger partial charge in [0.15, 0.2) is 0 Å². The smallest absolute Gasteiger partial charge is 0.305 e. The zero-order valence-corrected chi connectivity index (χ0v) is 50.8. The number of allylic oxidation sites excluding steroid dienone is 4. The van der Waals surface area contributed by atoms with Crippen LogP contribution < -0.4 is 5.32 Å². The van der Waals surface area contributed by atoms with Gasteiger partial charge in [0.05, 0.1) is 25.4 Å². The lowest BCUT2D eigenvalue weighted by molar-refractivity contribution is -0.143. The van der Waals surface area contributed by atoms with Crippen molar-refractivity contribution >= 4 is 11.9 Å². The molecule has 0 aromatic rings. The summed E-state index contributed by atoms with van der Waals surface area (Å²) < 4.78 is 5.49. The summed E-state index contributed by atoms with van der Waals surface area (Å²) in [5.41, 5.74) is 0. The lowest BCUT2D eigenvalue weighted by Gasteiger charge is -2.22. The van der Waals surface area contributed by atoms with Crippen molar-refractivity contribution in [1.29, 1.82) is 0 Å². The molecule has 0 aliphatic rings. The fraction of sp³-hybridized carbons (Fsp3) is 0.913. The molecule has 0 radical (unpaired) electrons. The van der Waals surface area contributed by atoms with Crippen molar-refractivity contribution in [3.8, 4) is 0 Å². The summed E-state index contributed by atoms with van der Waals surface area (Å²) in [5, 5.41) is 23.4. The molecule has 2 unspecified atom stereocenters. The molecular weight excluding hydrogens is 923 g/mol. The highest BCUT2D eigenvalue weighted by Crippen LogP contribution is 2.18. The van der Waals surface area contributed by atoms with Crippen LogP contribution in [-0.2, 0) is 14.3 Å². The highest BCUT2D eigenvalue weighted by Gasteiger charge is 2.20. The maximum atomic E-state index is 12.5. The van der Waals surface area contributed by atoms with Crippen molar-refractivity contribution < 1.29 is 24.5 Å². The maximum Gasteiger partial charge on any atom is 0.305 e. The van der Waals surface area contributed by atoms with Crippen LogP contribution in [0, 0.1) is 0 Å². The Kier molecular flexibility index (Phi) is 63.4. The maximum absolute atomic E-state index is 12.5. The third-order valence-electron chi connectivity index (χ3n) is 16.0. The summed E-state index contributed by atoms with van der Waals surface area (Å²) >= 11 is 0. The number of unbranched alkanes of at least 4 members (excludes halogenated alkanes) is 49. The first-order chi connectivity index (χ1) is 37.0. The first-order valence-corrected chi connectivity index (χ1v) is 34.1. The summed E-state index contributed by atoms with van der Waals surface area (Å²) in [7, 11) is 0. The number of rotatable bonds is 64. The Bertz CT molecular complexity index is 1170. The second kappa shape index (κ2) is 64.9. The van der Waals surface area contributed by atoms with Gasteiger partial charge in [0.2, 0.25) is 5.91 Å². The van der Waals surface area contributed by atoms with E-state index in [1.807, 2.05) is 0 Å². The van der Waals surface area contributed by atoms with Crippen LogP contribution in [0.4, 0.5) is 0 Å². The van der Waals surface area contributed by atoms with Crippen molar-refractivity contribution in [3.63, 3.8) is 0 Å². The minimum atomic E-state index is -0.672. The van der Waals surface area contributed by atoms with Crippen LogP contribution in [0.3, 0.4) is 0 Å². The zero-order chi connectivity index (χ0) is 54.3. The number of nitrogens with one attached hydrogen (secondary N) is 1. The lowest BCUT2D eigenvalue weighted by Crippen LogP contribution is -2.45. The SMILES string of the molecule is CCCCCCCCC/C=C\CCCCCCCCCC(=O)OCCCCCCCCCC/C=C\CCCCCCCCCC(=O)NC(CO)C(O)CCCCCCCCCCCCCCCCCCCCCCC. The molecule has 0 saturated heterocycles. The molecule has 75 heavy (non-hydrogen) atoms. The third kappa shape index (κ3) is 61.4. The first-order valence-electron chi connectivity index (χ1n) is 34.1. The van der Waals surface area contributed by atoms with Gasteiger partial charge in [-0.1, -0.05) is 314 Å². The molecule has 0 saturated carbocycles. The average molecular weight is 1060 g/mol. The Morgan fingerprint density at radius 1 is 0.360 bits per heavy atom. The molecule has 0 rings (SSSR count). The highest BCUT2D eigenvalue weighted by atomic mass is 16.5. The number of esters is 1. The van der Waals surface area contributed by atoms with Gasteiger partial charge in [-0.2, -0.15) is 0 Å². The van der Waals surface area contributed by atoms with E-state index in [2.05, 4.69) is 43.5 Å². The number of amides is 1. The topological polar surface area (TPSA) is 95.9 Å². The van der Waals surface area contributed by atoms with Gasteiger partial charge in [0, 0.05) is 12.8 Å². The summed E-state index contributed by atoms with van der Waals surface area (Å²) in [6, 6.07) is -0.550. The molecule has 6 heteroatoms. The monoisotopic (exact) mass is 1060 g/mol. The van der Waals surface area contributed by atoms with Crippen LogP contribution in [0.2, 0.25) is 0 Å². The second-order valence-corrected chi connectivity index (χ2v) is 23.5. The summed E-state index contributed by atoms with van der Waals surface area (Å²) in [6.45, 7) is 4.97. The van der Waals surface area contributed by atoms with E-state index in [0.717, 1.165) is 44.9 Å². The molecule has 0 aliphatic carbocycles. The number of aliphatic hydroxyl groups excluding tert-OH is 2. The van der Waals surface area contributed by atoms with Gasteiger partial charge in [-0.05, 0) is 77.0 Å². The summed E-state index contributed by atoms with van der Waals surface area (Å²) in [6.07, 6.45) is 80.6.